The number of aliphatic hydroxyl groups is 1. The zero-order chi connectivity index (χ0) is 19.6. The molecule has 0 aromatic heterocycles. The van der Waals surface area contributed by atoms with Crippen molar-refractivity contribution >= 4 is 17.4 Å². The molecule has 1 saturated heterocycles. The van der Waals surface area contributed by atoms with Crippen molar-refractivity contribution in [2.45, 2.75) is 39.7 Å². The van der Waals surface area contributed by atoms with Gasteiger partial charge >= 0.3 is 0 Å². The Bertz CT molecular complexity index is 896. The Kier molecular flexibility index (Phi) is 5.45. The van der Waals surface area contributed by atoms with Gasteiger partial charge in [0.1, 0.15) is 5.76 Å². The first-order valence-corrected chi connectivity index (χ1v) is 9.36. The summed E-state index contributed by atoms with van der Waals surface area (Å²) in [6.45, 7) is 6.46. The van der Waals surface area contributed by atoms with Crippen molar-refractivity contribution in [1.82, 2.24) is 4.90 Å². The minimum absolute atomic E-state index is 0.111. The lowest BCUT2D eigenvalue weighted by Crippen LogP contribution is -2.30. The van der Waals surface area contributed by atoms with Crippen LogP contribution in [-0.4, -0.2) is 28.2 Å². The van der Waals surface area contributed by atoms with Crippen LogP contribution in [0, 0.1) is 13.8 Å². The number of benzene rings is 2. The van der Waals surface area contributed by atoms with Crippen molar-refractivity contribution in [3.05, 3.63) is 76.4 Å². The third kappa shape index (κ3) is 3.52. The molecule has 0 radical (unpaired) electrons. The number of aryl methyl sites for hydroxylation is 2. The van der Waals surface area contributed by atoms with E-state index in [0.29, 0.717) is 12.1 Å². The number of rotatable bonds is 5. The van der Waals surface area contributed by atoms with Gasteiger partial charge in [-0.05, 0) is 31.4 Å². The maximum Gasteiger partial charge on any atom is 0.295 e. The van der Waals surface area contributed by atoms with Crippen LogP contribution >= 0.6 is 0 Å². The molecule has 4 nitrogen and oxygen atoms in total. The Labute approximate surface area is 160 Å². The molecule has 1 fully saturated rings. The quantitative estimate of drug-likeness (QED) is 0.482. The van der Waals surface area contributed by atoms with Crippen molar-refractivity contribution in [2.75, 3.05) is 6.54 Å². The summed E-state index contributed by atoms with van der Waals surface area (Å²) in [4.78, 5) is 27.2. The third-order valence-electron chi connectivity index (χ3n) is 5.10. The Morgan fingerprint density at radius 3 is 2.33 bits per heavy atom. The standard InChI is InChI=1S/C23H25NO3/c1-4-5-14-24-20(18-9-7-6-8-16(18)3)19(22(26)23(24)27)21(25)17-12-10-15(2)11-13-17/h6-13,20,25H,4-5,14H2,1-3H3/b21-19-. The predicted octanol–water partition coefficient (Wildman–Crippen LogP) is 4.53. The van der Waals surface area contributed by atoms with Gasteiger partial charge in [-0.2, -0.15) is 0 Å². The number of likely N-dealkylation sites (tertiary alicyclic amines) is 1. The maximum absolute atomic E-state index is 12.8. The van der Waals surface area contributed by atoms with E-state index < -0.39 is 17.7 Å². The molecule has 0 bridgehead atoms. The highest BCUT2D eigenvalue weighted by Gasteiger charge is 2.46. The van der Waals surface area contributed by atoms with E-state index in [-0.39, 0.29) is 11.3 Å². The fraction of sp³-hybridized carbons (Fsp3) is 0.304. The number of hydrogen-bond donors (Lipinski definition) is 1. The molecule has 1 heterocycles. The number of carbonyl (C=O) groups excluding carboxylic acids is 2. The second-order valence-corrected chi connectivity index (χ2v) is 7.07. The zero-order valence-corrected chi connectivity index (χ0v) is 16.0. The van der Waals surface area contributed by atoms with E-state index in [9.17, 15) is 14.7 Å². The van der Waals surface area contributed by atoms with Gasteiger partial charge in [0.25, 0.3) is 11.7 Å². The summed E-state index contributed by atoms with van der Waals surface area (Å²) < 4.78 is 0. The Hall–Kier alpha value is -2.88. The normalized spacial score (nSPS) is 18.9. The van der Waals surface area contributed by atoms with E-state index in [1.54, 1.807) is 17.0 Å². The van der Waals surface area contributed by atoms with Crippen LogP contribution in [0.4, 0.5) is 0 Å². The molecule has 1 atom stereocenters. The lowest BCUT2D eigenvalue weighted by molar-refractivity contribution is -0.139. The first-order chi connectivity index (χ1) is 13.0. The molecule has 2 aromatic rings. The Morgan fingerprint density at radius 1 is 1.04 bits per heavy atom. The van der Waals surface area contributed by atoms with Gasteiger partial charge < -0.3 is 10.0 Å². The van der Waals surface area contributed by atoms with Gasteiger partial charge in [-0.15, -0.1) is 0 Å². The lowest BCUT2D eigenvalue weighted by Gasteiger charge is -2.26. The molecule has 140 valence electrons. The molecular formula is C23H25NO3. The summed E-state index contributed by atoms with van der Waals surface area (Å²) in [5.41, 5.74) is 3.65. The lowest BCUT2D eigenvalue weighted by atomic mass is 9.92. The molecule has 1 aliphatic heterocycles. The van der Waals surface area contributed by atoms with E-state index in [4.69, 9.17) is 0 Å². The average molecular weight is 363 g/mol. The number of ketones is 1. The minimum atomic E-state index is -0.613. The smallest absolute Gasteiger partial charge is 0.295 e. The van der Waals surface area contributed by atoms with E-state index in [2.05, 4.69) is 0 Å². The molecule has 1 N–H and O–H groups in total. The van der Waals surface area contributed by atoms with Crippen LogP contribution < -0.4 is 0 Å². The molecule has 1 amide bonds. The van der Waals surface area contributed by atoms with Crippen LogP contribution in [0.15, 0.2) is 54.1 Å². The highest BCUT2D eigenvalue weighted by atomic mass is 16.3. The van der Waals surface area contributed by atoms with Crippen molar-refractivity contribution in [3.63, 3.8) is 0 Å². The second-order valence-electron chi connectivity index (χ2n) is 7.07. The molecule has 0 aliphatic carbocycles. The number of nitrogens with zero attached hydrogens (tertiary/aromatic N) is 1. The Balaban J connectivity index is 2.18. The monoisotopic (exact) mass is 363 g/mol. The van der Waals surface area contributed by atoms with Crippen LogP contribution in [0.25, 0.3) is 5.76 Å². The number of unbranched alkanes of at least 4 members (excludes halogenated alkanes) is 1. The third-order valence-corrected chi connectivity index (χ3v) is 5.10. The predicted molar refractivity (Wildman–Crippen MR) is 106 cm³/mol. The van der Waals surface area contributed by atoms with E-state index in [1.165, 1.54) is 0 Å². The molecular weight excluding hydrogens is 338 g/mol. The topological polar surface area (TPSA) is 57.6 Å². The molecule has 2 aromatic carbocycles. The van der Waals surface area contributed by atoms with E-state index in [0.717, 1.165) is 29.5 Å². The van der Waals surface area contributed by atoms with Crippen LogP contribution in [0.2, 0.25) is 0 Å². The highest BCUT2D eigenvalue weighted by molar-refractivity contribution is 6.46. The summed E-state index contributed by atoms with van der Waals surface area (Å²) in [7, 11) is 0. The first-order valence-electron chi connectivity index (χ1n) is 9.36. The minimum Gasteiger partial charge on any atom is -0.507 e. The van der Waals surface area contributed by atoms with Crippen molar-refractivity contribution in [3.8, 4) is 0 Å². The largest absolute Gasteiger partial charge is 0.507 e. The van der Waals surface area contributed by atoms with Crippen LogP contribution in [0.5, 0.6) is 0 Å². The highest BCUT2D eigenvalue weighted by Crippen LogP contribution is 2.40. The van der Waals surface area contributed by atoms with Gasteiger partial charge in [0.2, 0.25) is 0 Å². The van der Waals surface area contributed by atoms with E-state index in [1.807, 2.05) is 57.2 Å². The molecule has 4 heteroatoms. The fourth-order valence-electron chi connectivity index (χ4n) is 3.52. The van der Waals surface area contributed by atoms with Gasteiger partial charge in [0, 0.05) is 12.1 Å². The average Bonchev–Trinajstić information content (AvgIpc) is 2.91. The number of carbonyl (C=O) groups is 2. The number of hydrogen-bond acceptors (Lipinski definition) is 3. The van der Waals surface area contributed by atoms with Crippen molar-refractivity contribution in [1.29, 1.82) is 0 Å². The summed E-state index contributed by atoms with van der Waals surface area (Å²) in [6.07, 6.45) is 1.72. The fourth-order valence-corrected chi connectivity index (χ4v) is 3.52. The summed E-state index contributed by atoms with van der Waals surface area (Å²) >= 11 is 0. The molecule has 1 unspecified atom stereocenters. The van der Waals surface area contributed by atoms with Gasteiger partial charge in [-0.1, -0.05) is 67.4 Å². The molecule has 0 saturated carbocycles. The molecule has 0 spiro atoms. The maximum atomic E-state index is 12.8. The summed E-state index contributed by atoms with van der Waals surface area (Å²) in [5.74, 6) is -1.26. The van der Waals surface area contributed by atoms with E-state index >= 15 is 0 Å². The molecule has 3 rings (SSSR count). The van der Waals surface area contributed by atoms with Crippen LogP contribution in [-0.2, 0) is 9.59 Å². The first kappa shape index (κ1) is 18.9. The number of Topliss-reactive ketones (excluding diaryl/α,β-unsaturated/α-hetero) is 1. The Morgan fingerprint density at radius 2 is 1.70 bits per heavy atom. The van der Waals surface area contributed by atoms with Gasteiger partial charge in [0.05, 0.1) is 11.6 Å². The number of aliphatic hydroxyl groups excluding tert-OH is 1. The van der Waals surface area contributed by atoms with Crippen molar-refractivity contribution in [2.24, 2.45) is 0 Å². The zero-order valence-electron chi connectivity index (χ0n) is 16.0. The SMILES string of the molecule is CCCCN1C(=O)C(=O)/C(=C(\O)c2ccc(C)cc2)C1c1ccccc1C. The second kappa shape index (κ2) is 7.78. The van der Waals surface area contributed by atoms with Gasteiger partial charge in [0.15, 0.2) is 0 Å². The number of amides is 1. The molecule has 1 aliphatic rings. The van der Waals surface area contributed by atoms with Gasteiger partial charge in [-0.25, -0.2) is 0 Å². The molecule has 27 heavy (non-hydrogen) atoms. The summed E-state index contributed by atoms with van der Waals surface area (Å²) in [5, 5.41) is 10.9. The summed E-state index contributed by atoms with van der Waals surface area (Å²) in [6, 6.07) is 14.5. The van der Waals surface area contributed by atoms with Crippen molar-refractivity contribution < 1.29 is 14.7 Å². The van der Waals surface area contributed by atoms with Crippen LogP contribution in [0.1, 0.15) is 48.1 Å². The van der Waals surface area contributed by atoms with Gasteiger partial charge in [-0.3, -0.25) is 9.59 Å². The van der Waals surface area contributed by atoms with Crippen LogP contribution in [0.3, 0.4) is 0 Å².